The number of nitrogens with one attached hydrogen (secondary N) is 2. The summed E-state index contributed by atoms with van der Waals surface area (Å²) in [5.74, 6) is 0.258. The third kappa shape index (κ3) is 4.56. The average Bonchev–Trinajstić information content (AvgIpc) is 2.96. The van der Waals surface area contributed by atoms with E-state index in [-0.39, 0.29) is 24.2 Å². The standard InChI is InChI=1S/C16H23N3O2/c17-11-12-5-4-8-14(12)16(21)18-10-9-15(20)19-13-6-2-1-3-7-13/h1-3,6-7,12,14H,4-5,8-11,17H2,(H,18,21)(H,19,20)/t12-,14-/m1/s1. The van der Waals surface area contributed by atoms with Gasteiger partial charge in [0.15, 0.2) is 0 Å². The molecule has 0 radical (unpaired) electrons. The Morgan fingerprint density at radius 1 is 1.19 bits per heavy atom. The van der Waals surface area contributed by atoms with Crippen LogP contribution in [0.2, 0.25) is 0 Å². The highest BCUT2D eigenvalue weighted by atomic mass is 16.2. The molecule has 0 spiro atoms. The molecule has 2 rings (SSSR count). The zero-order valence-corrected chi connectivity index (χ0v) is 12.2. The number of rotatable bonds is 6. The van der Waals surface area contributed by atoms with Crippen molar-refractivity contribution in [2.75, 3.05) is 18.4 Å². The van der Waals surface area contributed by atoms with Gasteiger partial charge in [-0.15, -0.1) is 0 Å². The van der Waals surface area contributed by atoms with Gasteiger partial charge in [0, 0.05) is 24.6 Å². The smallest absolute Gasteiger partial charge is 0.226 e. The molecule has 0 bridgehead atoms. The summed E-state index contributed by atoms with van der Waals surface area (Å²) in [6.45, 7) is 0.928. The molecule has 4 N–H and O–H groups in total. The highest BCUT2D eigenvalue weighted by Crippen LogP contribution is 2.30. The maximum absolute atomic E-state index is 12.1. The molecule has 2 amide bonds. The van der Waals surface area contributed by atoms with E-state index in [1.54, 1.807) is 0 Å². The molecule has 1 fully saturated rings. The van der Waals surface area contributed by atoms with E-state index in [0.717, 1.165) is 24.9 Å². The van der Waals surface area contributed by atoms with Crippen molar-refractivity contribution in [3.05, 3.63) is 30.3 Å². The Bertz CT molecular complexity index is 476. The summed E-state index contributed by atoms with van der Waals surface area (Å²) >= 11 is 0. The number of benzene rings is 1. The summed E-state index contributed by atoms with van der Waals surface area (Å²) < 4.78 is 0. The molecule has 0 saturated heterocycles. The molecular formula is C16H23N3O2. The van der Waals surface area contributed by atoms with Gasteiger partial charge < -0.3 is 16.4 Å². The number of carbonyl (C=O) groups excluding carboxylic acids is 2. The van der Waals surface area contributed by atoms with E-state index in [9.17, 15) is 9.59 Å². The lowest BCUT2D eigenvalue weighted by Crippen LogP contribution is -2.36. The maximum atomic E-state index is 12.1. The molecule has 0 unspecified atom stereocenters. The van der Waals surface area contributed by atoms with Crippen LogP contribution in [0.3, 0.4) is 0 Å². The number of nitrogens with two attached hydrogens (primary N) is 1. The highest BCUT2D eigenvalue weighted by molar-refractivity contribution is 5.91. The third-order valence-electron chi connectivity index (χ3n) is 4.01. The van der Waals surface area contributed by atoms with Gasteiger partial charge in [-0.1, -0.05) is 24.6 Å². The first-order valence-corrected chi connectivity index (χ1v) is 7.53. The van der Waals surface area contributed by atoms with E-state index in [4.69, 9.17) is 5.73 Å². The second kappa shape index (κ2) is 7.78. The second-order valence-electron chi connectivity index (χ2n) is 5.49. The van der Waals surface area contributed by atoms with Gasteiger partial charge in [0.1, 0.15) is 0 Å². The lowest BCUT2D eigenvalue weighted by atomic mass is 9.95. The molecule has 1 saturated carbocycles. The van der Waals surface area contributed by atoms with Crippen molar-refractivity contribution in [2.24, 2.45) is 17.6 Å². The Hall–Kier alpha value is -1.88. The average molecular weight is 289 g/mol. The van der Waals surface area contributed by atoms with Gasteiger partial charge >= 0.3 is 0 Å². The normalized spacial score (nSPS) is 21.0. The number of amides is 2. The van der Waals surface area contributed by atoms with Crippen molar-refractivity contribution in [1.29, 1.82) is 0 Å². The molecule has 21 heavy (non-hydrogen) atoms. The first-order valence-electron chi connectivity index (χ1n) is 7.53. The molecule has 1 aliphatic carbocycles. The first kappa shape index (κ1) is 15.5. The van der Waals surface area contributed by atoms with Crippen molar-refractivity contribution >= 4 is 17.5 Å². The van der Waals surface area contributed by atoms with Crippen LogP contribution >= 0.6 is 0 Å². The minimum atomic E-state index is -0.0942. The minimum absolute atomic E-state index is 0.0205. The van der Waals surface area contributed by atoms with E-state index >= 15 is 0 Å². The predicted molar refractivity (Wildman–Crippen MR) is 82.6 cm³/mol. The topological polar surface area (TPSA) is 84.2 Å². The Morgan fingerprint density at radius 3 is 2.67 bits per heavy atom. The molecule has 0 heterocycles. The van der Waals surface area contributed by atoms with E-state index in [1.165, 1.54) is 0 Å². The summed E-state index contributed by atoms with van der Waals surface area (Å²) in [5.41, 5.74) is 6.45. The van der Waals surface area contributed by atoms with E-state index in [1.807, 2.05) is 30.3 Å². The van der Waals surface area contributed by atoms with Crippen LogP contribution in [0, 0.1) is 11.8 Å². The number of hydrogen-bond acceptors (Lipinski definition) is 3. The quantitative estimate of drug-likeness (QED) is 0.742. The third-order valence-corrected chi connectivity index (χ3v) is 4.01. The molecule has 0 aliphatic heterocycles. The van der Waals surface area contributed by atoms with Crippen LogP contribution in [0.15, 0.2) is 30.3 Å². The van der Waals surface area contributed by atoms with Gasteiger partial charge in [0.05, 0.1) is 0 Å². The van der Waals surface area contributed by atoms with Crippen molar-refractivity contribution in [2.45, 2.75) is 25.7 Å². The fourth-order valence-corrected chi connectivity index (χ4v) is 2.84. The molecular weight excluding hydrogens is 266 g/mol. The fraction of sp³-hybridized carbons (Fsp3) is 0.500. The Kier molecular flexibility index (Phi) is 5.75. The van der Waals surface area contributed by atoms with Crippen LogP contribution < -0.4 is 16.4 Å². The largest absolute Gasteiger partial charge is 0.355 e. The molecule has 2 atom stereocenters. The summed E-state index contributed by atoms with van der Waals surface area (Å²) in [7, 11) is 0. The van der Waals surface area contributed by atoms with Crippen LogP contribution in [0.25, 0.3) is 0 Å². The lowest BCUT2D eigenvalue weighted by Gasteiger charge is -2.17. The van der Waals surface area contributed by atoms with Crippen LogP contribution in [0.1, 0.15) is 25.7 Å². The van der Waals surface area contributed by atoms with Gasteiger partial charge in [-0.3, -0.25) is 9.59 Å². The molecule has 0 aromatic heterocycles. The summed E-state index contributed by atoms with van der Waals surface area (Å²) in [5, 5.41) is 5.65. The monoisotopic (exact) mass is 289 g/mol. The molecule has 1 aromatic carbocycles. The van der Waals surface area contributed by atoms with E-state index < -0.39 is 0 Å². The van der Waals surface area contributed by atoms with Crippen LogP contribution in [0.4, 0.5) is 5.69 Å². The fourth-order valence-electron chi connectivity index (χ4n) is 2.84. The highest BCUT2D eigenvalue weighted by Gasteiger charge is 2.31. The van der Waals surface area contributed by atoms with Crippen LogP contribution in [0.5, 0.6) is 0 Å². The molecule has 5 nitrogen and oxygen atoms in total. The Morgan fingerprint density at radius 2 is 1.95 bits per heavy atom. The number of carbonyl (C=O) groups is 2. The molecule has 1 aliphatic rings. The molecule has 1 aromatic rings. The summed E-state index contributed by atoms with van der Waals surface area (Å²) in [6.07, 6.45) is 3.28. The summed E-state index contributed by atoms with van der Waals surface area (Å²) in [6, 6.07) is 9.29. The van der Waals surface area contributed by atoms with Gasteiger partial charge in [0.25, 0.3) is 0 Å². The van der Waals surface area contributed by atoms with Crippen molar-refractivity contribution < 1.29 is 9.59 Å². The van der Waals surface area contributed by atoms with Crippen molar-refractivity contribution in [3.63, 3.8) is 0 Å². The molecule has 114 valence electrons. The molecule has 5 heteroatoms. The minimum Gasteiger partial charge on any atom is -0.355 e. The number of anilines is 1. The second-order valence-corrected chi connectivity index (χ2v) is 5.49. The van der Waals surface area contributed by atoms with Gasteiger partial charge in [-0.25, -0.2) is 0 Å². The van der Waals surface area contributed by atoms with Crippen molar-refractivity contribution in [3.8, 4) is 0 Å². The van der Waals surface area contributed by atoms with Gasteiger partial charge in [0.2, 0.25) is 11.8 Å². The van der Waals surface area contributed by atoms with Crippen LogP contribution in [-0.2, 0) is 9.59 Å². The van der Waals surface area contributed by atoms with E-state index in [2.05, 4.69) is 10.6 Å². The lowest BCUT2D eigenvalue weighted by molar-refractivity contribution is -0.126. The zero-order valence-electron chi connectivity index (χ0n) is 12.2. The maximum Gasteiger partial charge on any atom is 0.226 e. The number of hydrogen-bond donors (Lipinski definition) is 3. The Labute approximate surface area is 125 Å². The Balaban J connectivity index is 1.69. The first-order chi connectivity index (χ1) is 10.2. The van der Waals surface area contributed by atoms with Gasteiger partial charge in [-0.05, 0) is 37.4 Å². The van der Waals surface area contributed by atoms with Crippen molar-refractivity contribution in [1.82, 2.24) is 5.32 Å². The SMILES string of the molecule is NC[C@H]1CCC[C@H]1C(=O)NCCC(=O)Nc1ccccc1. The predicted octanol–water partition coefficient (Wildman–Crippen LogP) is 1.51. The van der Waals surface area contributed by atoms with Crippen LogP contribution in [-0.4, -0.2) is 24.9 Å². The zero-order chi connectivity index (χ0) is 15.1. The van der Waals surface area contributed by atoms with E-state index in [0.29, 0.717) is 19.0 Å². The van der Waals surface area contributed by atoms with Gasteiger partial charge in [-0.2, -0.15) is 0 Å². The number of para-hydroxylation sites is 1. The summed E-state index contributed by atoms with van der Waals surface area (Å²) in [4.78, 5) is 23.8.